The number of aliphatic imine (C=N–C) groups is 1. The average molecular weight is 364 g/mol. The number of rotatable bonds is 5. The number of methoxy groups -OCH3 is 1. The van der Waals surface area contributed by atoms with Gasteiger partial charge in [-0.1, -0.05) is 6.07 Å². The minimum Gasteiger partial charge on any atom is -0.496 e. The molecule has 0 spiro atoms. The third-order valence-electron chi connectivity index (χ3n) is 4.61. The van der Waals surface area contributed by atoms with E-state index in [-0.39, 0.29) is 0 Å². The number of aromatic nitrogens is 1. The Balaban J connectivity index is 2.31. The van der Waals surface area contributed by atoms with E-state index in [9.17, 15) is 10.1 Å². The maximum absolute atomic E-state index is 12.3. The van der Waals surface area contributed by atoms with Crippen LogP contribution in [0.2, 0.25) is 0 Å². The normalized spacial score (nSPS) is 18.1. The van der Waals surface area contributed by atoms with E-state index < -0.39 is 17.7 Å². The summed E-state index contributed by atoms with van der Waals surface area (Å²) in [6.07, 6.45) is 1.62. The zero-order valence-corrected chi connectivity index (χ0v) is 15.4. The lowest BCUT2D eigenvalue weighted by atomic mass is 9.75. The number of nitrogens with zero attached hydrogens (tertiary/aromatic N) is 3. The van der Waals surface area contributed by atoms with Crippen molar-refractivity contribution in [2.75, 3.05) is 13.7 Å². The Morgan fingerprint density at radius 3 is 2.78 bits per heavy atom. The molecule has 0 bridgehead atoms. The van der Waals surface area contributed by atoms with Crippen molar-refractivity contribution in [2.24, 2.45) is 16.6 Å². The monoisotopic (exact) mass is 364 g/mol. The fourth-order valence-corrected chi connectivity index (χ4v) is 3.50. The maximum atomic E-state index is 12.3. The summed E-state index contributed by atoms with van der Waals surface area (Å²) in [5.41, 5.74) is 8.91. The van der Waals surface area contributed by atoms with Gasteiger partial charge in [0.05, 0.1) is 37.0 Å². The van der Waals surface area contributed by atoms with Gasteiger partial charge in [0.25, 0.3) is 0 Å². The lowest BCUT2D eigenvalue weighted by Crippen LogP contribution is -2.36. The van der Waals surface area contributed by atoms with Gasteiger partial charge in [-0.25, -0.2) is 4.98 Å². The first-order valence-electron chi connectivity index (χ1n) is 8.56. The van der Waals surface area contributed by atoms with Crippen molar-refractivity contribution in [3.05, 3.63) is 47.2 Å². The number of primary amides is 1. The number of nitriles is 1. The third kappa shape index (κ3) is 3.22. The molecule has 1 amide bonds. The molecule has 27 heavy (non-hydrogen) atoms. The molecular formula is C20H20N4O3. The summed E-state index contributed by atoms with van der Waals surface area (Å²) < 4.78 is 11.2. The molecule has 1 aromatic heterocycles. The van der Waals surface area contributed by atoms with E-state index in [0.29, 0.717) is 40.8 Å². The number of pyridine rings is 1. The number of carbonyl (C=O) groups is 1. The van der Waals surface area contributed by atoms with Gasteiger partial charge >= 0.3 is 0 Å². The molecule has 0 fully saturated rings. The number of amides is 1. The summed E-state index contributed by atoms with van der Waals surface area (Å²) >= 11 is 0. The summed E-state index contributed by atoms with van der Waals surface area (Å²) in [6, 6.07) is 8.98. The predicted molar refractivity (Wildman–Crippen MR) is 100 cm³/mol. The Hall–Kier alpha value is -3.40. The Bertz CT molecular complexity index is 962. The molecule has 3 rings (SSSR count). The highest BCUT2D eigenvalue weighted by Gasteiger charge is 2.40. The highest BCUT2D eigenvalue weighted by Crippen LogP contribution is 2.48. The lowest BCUT2D eigenvalue weighted by molar-refractivity contribution is -0.120. The summed E-state index contributed by atoms with van der Waals surface area (Å²) in [7, 11) is 1.52. The second-order valence-electron chi connectivity index (χ2n) is 6.16. The van der Waals surface area contributed by atoms with Crippen LogP contribution in [0, 0.1) is 17.2 Å². The zero-order valence-electron chi connectivity index (χ0n) is 15.4. The zero-order chi connectivity index (χ0) is 19.6. The average Bonchev–Trinajstić information content (AvgIpc) is 2.66. The molecule has 0 saturated heterocycles. The fraction of sp³-hybridized carbons (Fsp3) is 0.300. The number of ether oxygens (including phenoxy) is 2. The first kappa shape index (κ1) is 18.4. The molecule has 2 aromatic rings. The van der Waals surface area contributed by atoms with Gasteiger partial charge < -0.3 is 15.2 Å². The van der Waals surface area contributed by atoms with Gasteiger partial charge in [-0.2, -0.15) is 5.26 Å². The number of hydrogen-bond donors (Lipinski definition) is 1. The molecule has 0 aliphatic carbocycles. The summed E-state index contributed by atoms with van der Waals surface area (Å²) in [4.78, 5) is 21.2. The Labute approximate surface area is 157 Å². The van der Waals surface area contributed by atoms with Crippen LogP contribution >= 0.6 is 0 Å². The molecule has 1 aromatic carbocycles. The second kappa shape index (κ2) is 7.46. The molecule has 2 heterocycles. The van der Waals surface area contributed by atoms with Crippen molar-refractivity contribution in [1.82, 2.24) is 4.98 Å². The Morgan fingerprint density at radius 1 is 1.37 bits per heavy atom. The summed E-state index contributed by atoms with van der Waals surface area (Å²) in [5, 5.41) is 9.18. The van der Waals surface area contributed by atoms with Crippen LogP contribution in [0.4, 0.5) is 5.69 Å². The number of carbonyl (C=O) groups excluding carboxylic acids is 1. The van der Waals surface area contributed by atoms with E-state index >= 15 is 0 Å². The topological polar surface area (TPSA) is 111 Å². The largest absolute Gasteiger partial charge is 0.496 e. The molecule has 7 heteroatoms. The molecular weight excluding hydrogens is 344 g/mol. The molecule has 2 unspecified atom stereocenters. The molecule has 1 aliphatic heterocycles. The molecule has 0 saturated carbocycles. The van der Waals surface area contributed by atoms with Crippen LogP contribution in [0.5, 0.6) is 11.6 Å². The van der Waals surface area contributed by atoms with Crippen LogP contribution in [-0.4, -0.2) is 30.3 Å². The highest BCUT2D eigenvalue weighted by molar-refractivity contribution is 6.06. The van der Waals surface area contributed by atoms with Gasteiger partial charge in [0.15, 0.2) is 0 Å². The van der Waals surface area contributed by atoms with Crippen molar-refractivity contribution in [3.63, 3.8) is 0 Å². The van der Waals surface area contributed by atoms with Crippen LogP contribution in [-0.2, 0) is 4.79 Å². The summed E-state index contributed by atoms with van der Waals surface area (Å²) in [6.45, 7) is 4.06. The number of hydrogen-bond acceptors (Lipinski definition) is 6. The quantitative estimate of drug-likeness (QED) is 0.877. The van der Waals surface area contributed by atoms with Gasteiger partial charge in [0.2, 0.25) is 11.8 Å². The van der Waals surface area contributed by atoms with Crippen LogP contribution in [0.3, 0.4) is 0 Å². The molecule has 1 aliphatic rings. The Kier molecular flexibility index (Phi) is 5.08. The second-order valence-corrected chi connectivity index (χ2v) is 6.16. The molecule has 7 nitrogen and oxygen atoms in total. The minimum absolute atomic E-state index is 0.411. The number of fused-ring (bicyclic) bond motifs is 1. The van der Waals surface area contributed by atoms with E-state index in [0.717, 1.165) is 5.56 Å². The third-order valence-corrected chi connectivity index (χ3v) is 4.61. The van der Waals surface area contributed by atoms with E-state index in [1.807, 2.05) is 6.92 Å². The van der Waals surface area contributed by atoms with E-state index in [1.165, 1.54) is 7.11 Å². The van der Waals surface area contributed by atoms with Gasteiger partial charge in [0, 0.05) is 29.0 Å². The fourth-order valence-electron chi connectivity index (χ4n) is 3.50. The molecule has 138 valence electrons. The van der Waals surface area contributed by atoms with Crippen LogP contribution < -0.4 is 15.2 Å². The van der Waals surface area contributed by atoms with Crippen LogP contribution in [0.15, 0.2) is 35.5 Å². The van der Waals surface area contributed by atoms with Gasteiger partial charge in [0.1, 0.15) is 5.75 Å². The predicted octanol–water partition coefficient (Wildman–Crippen LogP) is 2.70. The highest BCUT2D eigenvalue weighted by atomic mass is 16.5. The standard InChI is InChI=1S/C20H20N4O3/c1-4-27-20-18-14(7-8-23-20)24-11(2)16(19(22)25)17(18)13-6-5-12(10-21)9-15(13)26-3/h5-9,16-17H,4H2,1-3H3,(H2,22,25). The van der Waals surface area contributed by atoms with Gasteiger partial charge in [-0.05, 0) is 32.0 Å². The van der Waals surface area contributed by atoms with E-state index in [4.69, 9.17) is 15.2 Å². The maximum Gasteiger partial charge on any atom is 0.227 e. The summed E-state index contributed by atoms with van der Waals surface area (Å²) in [5.74, 6) is -0.744. The molecule has 2 N–H and O–H groups in total. The molecule has 2 atom stereocenters. The van der Waals surface area contributed by atoms with Crippen molar-refractivity contribution in [3.8, 4) is 17.7 Å². The van der Waals surface area contributed by atoms with Crippen molar-refractivity contribution in [2.45, 2.75) is 19.8 Å². The SMILES string of the molecule is CCOc1nccc2c1C(c1ccc(C#N)cc1OC)C(C(N)=O)C(C)=N2. The molecule has 0 radical (unpaired) electrons. The first-order valence-corrected chi connectivity index (χ1v) is 8.56. The lowest BCUT2D eigenvalue weighted by Gasteiger charge is -2.32. The van der Waals surface area contributed by atoms with Gasteiger partial charge in [-0.15, -0.1) is 0 Å². The van der Waals surface area contributed by atoms with Crippen molar-refractivity contribution >= 4 is 17.3 Å². The number of benzene rings is 1. The van der Waals surface area contributed by atoms with Crippen molar-refractivity contribution < 1.29 is 14.3 Å². The van der Waals surface area contributed by atoms with E-state index in [2.05, 4.69) is 16.0 Å². The number of nitrogens with two attached hydrogens (primary N) is 1. The first-order chi connectivity index (χ1) is 13.0. The van der Waals surface area contributed by atoms with Crippen LogP contribution in [0.25, 0.3) is 0 Å². The Morgan fingerprint density at radius 2 is 2.15 bits per heavy atom. The van der Waals surface area contributed by atoms with E-state index in [1.54, 1.807) is 37.4 Å². The van der Waals surface area contributed by atoms with Gasteiger partial charge in [-0.3, -0.25) is 9.79 Å². The van der Waals surface area contributed by atoms with Crippen LogP contribution in [0.1, 0.15) is 36.5 Å². The minimum atomic E-state index is -0.678. The smallest absolute Gasteiger partial charge is 0.227 e. The van der Waals surface area contributed by atoms with Crippen molar-refractivity contribution in [1.29, 1.82) is 5.26 Å².